The fourth-order valence-electron chi connectivity index (χ4n) is 3.94. The largest absolute Gasteiger partial charge is 0.747 e. The summed E-state index contributed by atoms with van der Waals surface area (Å²) < 4.78 is 49.3. The molecule has 0 saturated carbocycles. The zero-order valence-electron chi connectivity index (χ0n) is 20.9. The summed E-state index contributed by atoms with van der Waals surface area (Å²) in [5.41, 5.74) is 1.20. The van der Waals surface area contributed by atoms with Gasteiger partial charge in [0.25, 0.3) is 0 Å². The molecule has 0 unspecified atom stereocenters. The van der Waals surface area contributed by atoms with E-state index in [0.29, 0.717) is 28.2 Å². The van der Waals surface area contributed by atoms with E-state index < -0.39 is 26.1 Å². The van der Waals surface area contributed by atoms with Crippen LogP contribution in [-0.2, 0) is 14.9 Å². The molecule has 0 aliphatic heterocycles. The molecular formula is C28H33O5S-. The van der Waals surface area contributed by atoms with Crippen molar-refractivity contribution in [3.05, 3.63) is 95.1 Å². The Balaban J connectivity index is 2.25. The Hall–Kier alpha value is -2.83. The van der Waals surface area contributed by atoms with Crippen LogP contribution in [0.5, 0.6) is 11.5 Å². The molecule has 0 aliphatic rings. The molecule has 3 aromatic rings. The number of benzene rings is 3. The van der Waals surface area contributed by atoms with Crippen LogP contribution in [0, 0.1) is 6.92 Å². The summed E-state index contributed by atoms with van der Waals surface area (Å²) in [4.78, 5) is 0. The minimum absolute atomic E-state index is 0.345. The monoisotopic (exact) mass is 481 g/mol. The highest BCUT2D eigenvalue weighted by Crippen LogP contribution is 2.44. The van der Waals surface area contributed by atoms with Crippen molar-refractivity contribution in [1.29, 1.82) is 0 Å². The molecule has 3 aromatic carbocycles. The highest BCUT2D eigenvalue weighted by atomic mass is 32.2. The van der Waals surface area contributed by atoms with Crippen LogP contribution in [0.2, 0.25) is 0 Å². The number of hydrogen-bond acceptors (Lipinski definition) is 5. The summed E-state index contributed by atoms with van der Waals surface area (Å²) in [6.45, 7) is 13.5. The standard InChI is InChI=1S/C28H34O5S/c1-20-8-10-21(11-9-20)28(34(29,30)31,22-12-16-24(17-13-22)32-26(2,3)4)23-14-18-25(19-15-23)33-27(5,6)7/h8-19H,1-7H3,(H,29,30,31)/p-1. The van der Waals surface area contributed by atoms with Gasteiger partial charge >= 0.3 is 0 Å². The Morgan fingerprint density at radius 1 is 0.588 bits per heavy atom. The van der Waals surface area contributed by atoms with Crippen molar-refractivity contribution in [2.45, 2.75) is 64.4 Å². The average molecular weight is 482 g/mol. The molecule has 0 fully saturated rings. The maximum Gasteiger partial charge on any atom is 0.135 e. The molecule has 3 rings (SSSR count). The topological polar surface area (TPSA) is 75.7 Å². The van der Waals surface area contributed by atoms with Gasteiger partial charge < -0.3 is 14.0 Å². The third-order valence-electron chi connectivity index (χ3n) is 5.20. The molecule has 0 radical (unpaired) electrons. The summed E-state index contributed by atoms with van der Waals surface area (Å²) in [6.07, 6.45) is 0. The molecule has 6 heteroatoms. The van der Waals surface area contributed by atoms with Gasteiger partial charge in [-0.05, 0) is 89.4 Å². The van der Waals surface area contributed by atoms with Gasteiger partial charge in [-0.3, -0.25) is 0 Å². The highest BCUT2D eigenvalue weighted by molar-refractivity contribution is 7.87. The molecule has 0 bridgehead atoms. The quantitative estimate of drug-likeness (QED) is 0.310. The second kappa shape index (κ2) is 9.08. The van der Waals surface area contributed by atoms with Crippen molar-refractivity contribution in [1.82, 2.24) is 0 Å². The van der Waals surface area contributed by atoms with Gasteiger partial charge in [0.2, 0.25) is 0 Å². The van der Waals surface area contributed by atoms with E-state index in [4.69, 9.17) is 9.47 Å². The van der Waals surface area contributed by atoms with Gasteiger partial charge in [-0.15, -0.1) is 0 Å². The Morgan fingerprint density at radius 2 is 0.882 bits per heavy atom. The van der Waals surface area contributed by atoms with E-state index in [2.05, 4.69) is 0 Å². The summed E-state index contributed by atoms with van der Waals surface area (Å²) in [5, 5.41) is 0. The molecule has 0 atom stereocenters. The SMILES string of the molecule is Cc1ccc(C(c2ccc(OC(C)(C)C)cc2)(c2ccc(OC(C)(C)C)cc2)S(=O)(=O)[O-])cc1. The van der Waals surface area contributed by atoms with Gasteiger partial charge in [0.1, 0.15) is 37.6 Å². The molecule has 0 aliphatic carbocycles. The smallest absolute Gasteiger partial charge is 0.135 e. The van der Waals surface area contributed by atoms with Crippen LogP contribution in [0.15, 0.2) is 72.8 Å². The zero-order chi connectivity index (χ0) is 25.4. The second-order valence-electron chi connectivity index (χ2n) is 10.5. The maximum atomic E-state index is 13.1. The number of rotatable bonds is 6. The van der Waals surface area contributed by atoms with Gasteiger partial charge in [0.05, 0.1) is 0 Å². The number of aryl methyl sites for hydroxylation is 1. The molecule has 0 N–H and O–H groups in total. The zero-order valence-corrected chi connectivity index (χ0v) is 21.7. The lowest BCUT2D eigenvalue weighted by atomic mass is 9.83. The van der Waals surface area contributed by atoms with Crippen molar-refractivity contribution >= 4 is 10.1 Å². The van der Waals surface area contributed by atoms with Gasteiger partial charge in [-0.1, -0.05) is 54.1 Å². The summed E-state index contributed by atoms with van der Waals surface area (Å²) in [5.74, 6) is 1.18. The molecule has 182 valence electrons. The van der Waals surface area contributed by atoms with Crippen LogP contribution < -0.4 is 9.47 Å². The first kappa shape index (κ1) is 25.8. The van der Waals surface area contributed by atoms with Crippen molar-refractivity contribution in [3.63, 3.8) is 0 Å². The van der Waals surface area contributed by atoms with Crippen LogP contribution in [0.4, 0.5) is 0 Å². The normalized spacial score (nSPS) is 12.9. The van der Waals surface area contributed by atoms with Crippen LogP contribution in [-0.4, -0.2) is 24.2 Å². The van der Waals surface area contributed by atoms with E-state index in [1.54, 1.807) is 60.7 Å². The van der Waals surface area contributed by atoms with Crippen LogP contribution >= 0.6 is 0 Å². The lowest BCUT2D eigenvalue weighted by molar-refractivity contribution is 0.130. The summed E-state index contributed by atoms with van der Waals surface area (Å²) in [6, 6.07) is 20.4. The van der Waals surface area contributed by atoms with Gasteiger partial charge in [0.15, 0.2) is 0 Å². The molecule has 0 saturated heterocycles. The first-order valence-electron chi connectivity index (χ1n) is 11.2. The fourth-order valence-corrected chi connectivity index (χ4v) is 5.22. The Labute approximate surface area is 203 Å². The van der Waals surface area contributed by atoms with E-state index in [9.17, 15) is 13.0 Å². The van der Waals surface area contributed by atoms with E-state index >= 15 is 0 Å². The van der Waals surface area contributed by atoms with Crippen molar-refractivity contribution < 1.29 is 22.4 Å². The molecule has 0 heterocycles. The summed E-state index contributed by atoms with van der Waals surface area (Å²) >= 11 is 0. The van der Waals surface area contributed by atoms with Crippen molar-refractivity contribution in [2.75, 3.05) is 0 Å². The fraction of sp³-hybridized carbons (Fsp3) is 0.357. The number of ether oxygens (including phenoxy) is 2. The predicted molar refractivity (Wildman–Crippen MR) is 134 cm³/mol. The first-order valence-corrected chi connectivity index (χ1v) is 12.6. The molecule has 0 amide bonds. The minimum atomic E-state index is -4.93. The molecule has 0 aromatic heterocycles. The third-order valence-corrected chi connectivity index (χ3v) is 6.66. The Bertz CT molecular complexity index is 1150. The van der Waals surface area contributed by atoms with Gasteiger partial charge in [0, 0.05) is 0 Å². The van der Waals surface area contributed by atoms with Gasteiger partial charge in [-0.2, -0.15) is 0 Å². The first-order chi connectivity index (χ1) is 15.6. The molecule has 34 heavy (non-hydrogen) atoms. The third kappa shape index (κ3) is 5.62. The highest BCUT2D eigenvalue weighted by Gasteiger charge is 2.43. The van der Waals surface area contributed by atoms with Crippen molar-refractivity contribution in [2.24, 2.45) is 0 Å². The van der Waals surface area contributed by atoms with Crippen LogP contribution in [0.3, 0.4) is 0 Å². The van der Waals surface area contributed by atoms with Gasteiger partial charge in [-0.25, -0.2) is 8.42 Å². The summed E-state index contributed by atoms with van der Waals surface area (Å²) in [7, 11) is -4.93. The number of hydrogen-bond donors (Lipinski definition) is 0. The second-order valence-corrected chi connectivity index (χ2v) is 12.0. The maximum absolute atomic E-state index is 13.1. The predicted octanol–water partition coefficient (Wildman–Crippen LogP) is 6.19. The van der Waals surface area contributed by atoms with Crippen LogP contribution in [0.25, 0.3) is 0 Å². The Kier molecular flexibility index (Phi) is 6.89. The van der Waals surface area contributed by atoms with Crippen molar-refractivity contribution in [3.8, 4) is 11.5 Å². The Morgan fingerprint density at radius 3 is 1.15 bits per heavy atom. The van der Waals surface area contributed by atoms with E-state index in [-0.39, 0.29) is 0 Å². The lowest BCUT2D eigenvalue weighted by Crippen LogP contribution is -2.38. The lowest BCUT2D eigenvalue weighted by Gasteiger charge is -2.38. The molecular weight excluding hydrogens is 448 g/mol. The van der Waals surface area contributed by atoms with E-state index in [0.717, 1.165) is 5.56 Å². The minimum Gasteiger partial charge on any atom is -0.747 e. The van der Waals surface area contributed by atoms with E-state index in [1.165, 1.54) is 0 Å². The van der Waals surface area contributed by atoms with E-state index in [1.807, 2.05) is 60.6 Å². The average Bonchev–Trinajstić information content (AvgIpc) is 2.69. The molecule has 0 spiro atoms. The van der Waals surface area contributed by atoms with Crippen LogP contribution in [0.1, 0.15) is 63.8 Å². The molecule has 5 nitrogen and oxygen atoms in total.